The molecule has 11 heteroatoms. The van der Waals surface area contributed by atoms with E-state index in [1.807, 2.05) is 26.0 Å². The van der Waals surface area contributed by atoms with Crippen molar-refractivity contribution in [2.24, 2.45) is 5.41 Å². The molecule has 1 aliphatic carbocycles. The molecule has 41 heavy (non-hydrogen) atoms. The van der Waals surface area contributed by atoms with Crippen LogP contribution in [0, 0.1) is 11.2 Å². The summed E-state index contributed by atoms with van der Waals surface area (Å²) >= 11 is 1.31. The number of rotatable bonds is 6. The van der Waals surface area contributed by atoms with Gasteiger partial charge in [-0.05, 0) is 85.7 Å². The zero-order valence-corrected chi connectivity index (χ0v) is 23.8. The van der Waals surface area contributed by atoms with E-state index in [4.69, 9.17) is 0 Å². The molecule has 1 saturated heterocycles. The highest BCUT2D eigenvalue weighted by Gasteiger charge is 2.40. The summed E-state index contributed by atoms with van der Waals surface area (Å²) in [4.78, 5) is 31.4. The van der Waals surface area contributed by atoms with E-state index in [1.54, 1.807) is 18.3 Å². The number of hydrogen-bond acceptors (Lipinski definition) is 8. The van der Waals surface area contributed by atoms with Gasteiger partial charge in [0.2, 0.25) is 0 Å². The van der Waals surface area contributed by atoms with Gasteiger partial charge in [0, 0.05) is 22.2 Å². The normalized spacial score (nSPS) is 21.0. The molecular formula is C30H31FN6O3S. The van der Waals surface area contributed by atoms with Gasteiger partial charge in [0.1, 0.15) is 17.3 Å². The zero-order valence-electron chi connectivity index (χ0n) is 23.0. The maximum atomic E-state index is 14.7. The molecule has 212 valence electrons. The molecule has 1 aromatic carbocycles. The van der Waals surface area contributed by atoms with Crippen molar-refractivity contribution in [3.05, 3.63) is 85.7 Å². The van der Waals surface area contributed by atoms with Crippen molar-refractivity contribution in [3.8, 4) is 11.3 Å². The molecule has 0 spiro atoms. The molecule has 1 aliphatic heterocycles. The fraction of sp³-hybridized carbons (Fsp3) is 0.333. The Balaban J connectivity index is 1.20. The Morgan fingerprint density at radius 1 is 1.15 bits per heavy atom. The molecule has 0 saturated carbocycles. The van der Waals surface area contributed by atoms with Crippen LogP contribution in [0.5, 0.6) is 0 Å². The molecule has 4 heterocycles. The first-order valence-corrected chi connectivity index (χ1v) is 14.3. The van der Waals surface area contributed by atoms with Crippen LogP contribution in [-0.2, 0) is 12.0 Å². The Bertz CT molecular complexity index is 1690. The number of aromatic amines is 1. The van der Waals surface area contributed by atoms with Gasteiger partial charge in [-0.2, -0.15) is 5.10 Å². The number of carbonyl (C=O) groups excluding carboxylic acids is 1. The molecule has 6 rings (SSSR count). The van der Waals surface area contributed by atoms with E-state index in [0.29, 0.717) is 28.4 Å². The fourth-order valence-electron chi connectivity index (χ4n) is 5.54. The van der Waals surface area contributed by atoms with Crippen LogP contribution in [0.4, 0.5) is 21.6 Å². The third kappa shape index (κ3) is 5.16. The lowest BCUT2D eigenvalue weighted by molar-refractivity contribution is 0.0665. The van der Waals surface area contributed by atoms with Crippen molar-refractivity contribution in [1.82, 2.24) is 20.5 Å². The highest BCUT2D eigenvalue weighted by Crippen LogP contribution is 2.48. The van der Waals surface area contributed by atoms with Crippen LogP contribution in [0.3, 0.4) is 0 Å². The Morgan fingerprint density at radius 2 is 1.98 bits per heavy atom. The van der Waals surface area contributed by atoms with Gasteiger partial charge < -0.3 is 21.1 Å². The molecule has 5 N–H and O–H groups in total. The maximum Gasteiger partial charge on any atom is 0.287 e. The van der Waals surface area contributed by atoms with Gasteiger partial charge in [0.15, 0.2) is 0 Å². The minimum absolute atomic E-state index is 0.0179. The topological polar surface area (TPSA) is 132 Å². The number of pyridine rings is 1. The lowest BCUT2D eigenvalue weighted by Crippen LogP contribution is -2.33. The van der Waals surface area contributed by atoms with Gasteiger partial charge >= 0.3 is 0 Å². The number of benzene rings is 1. The first-order valence-electron chi connectivity index (χ1n) is 13.5. The van der Waals surface area contributed by atoms with Crippen molar-refractivity contribution in [2.45, 2.75) is 51.7 Å². The average Bonchev–Trinajstić information content (AvgIpc) is 3.62. The lowest BCUT2D eigenvalue weighted by atomic mass is 9.88. The van der Waals surface area contributed by atoms with E-state index in [0.717, 1.165) is 35.4 Å². The zero-order chi connectivity index (χ0) is 28.9. The molecule has 0 unspecified atom stereocenters. The first-order chi connectivity index (χ1) is 19.5. The van der Waals surface area contributed by atoms with Crippen LogP contribution in [0.1, 0.15) is 65.4 Å². The van der Waals surface area contributed by atoms with Crippen molar-refractivity contribution in [3.63, 3.8) is 0 Å². The quantitative estimate of drug-likeness (QED) is 0.213. The molecule has 1 fully saturated rings. The smallest absolute Gasteiger partial charge is 0.287 e. The number of hydrogen-bond donors (Lipinski definition) is 5. The number of amides is 1. The van der Waals surface area contributed by atoms with Gasteiger partial charge in [-0.3, -0.25) is 9.59 Å². The highest BCUT2D eigenvalue weighted by atomic mass is 32.1. The van der Waals surface area contributed by atoms with Gasteiger partial charge in [-0.1, -0.05) is 19.9 Å². The summed E-state index contributed by atoms with van der Waals surface area (Å²) in [6.45, 7) is 7.09. The standard InChI is InChI=1S/C30H31FN6O3S/c1-29(2)14-24-18(26(29)38)12-23(41-24)28(40)35-21-11-16(5-7-19(21)31)20-13-22(27(39)37-36-20)34-25-8-6-17(15-32-25)30(3)9-4-10-33-30/h5-8,11-13,15,26,33,38H,4,9-10,14H2,1-3H3,(H,35,40)(H,37,39)(H,32,34,36)/t26-,30+/m0/s1. The van der Waals surface area contributed by atoms with Crippen LogP contribution in [-0.4, -0.2) is 32.7 Å². The summed E-state index contributed by atoms with van der Waals surface area (Å²) in [5.41, 5.74) is 2.10. The molecule has 0 bridgehead atoms. The first kappa shape index (κ1) is 27.3. The minimum atomic E-state index is -0.648. The monoisotopic (exact) mass is 574 g/mol. The van der Waals surface area contributed by atoms with Gasteiger partial charge in [-0.15, -0.1) is 11.3 Å². The molecule has 1 amide bonds. The average molecular weight is 575 g/mol. The second kappa shape index (κ2) is 10.2. The largest absolute Gasteiger partial charge is 0.388 e. The number of thiophene rings is 1. The summed E-state index contributed by atoms with van der Waals surface area (Å²) in [7, 11) is 0. The van der Waals surface area contributed by atoms with Crippen LogP contribution in [0.15, 0.2) is 53.5 Å². The summed E-state index contributed by atoms with van der Waals surface area (Å²) < 4.78 is 14.7. The summed E-state index contributed by atoms with van der Waals surface area (Å²) in [5, 5.41) is 26.4. The third-order valence-electron chi connectivity index (χ3n) is 8.06. The predicted molar refractivity (Wildman–Crippen MR) is 157 cm³/mol. The molecule has 3 aromatic heterocycles. The summed E-state index contributed by atoms with van der Waals surface area (Å²) in [5.74, 6) is -0.565. The second-order valence-electron chi connectivity index (χ2n) is 11.6. The van der Waals surface area contributed by atoms with Gasteiger partial charge in [-0.25, -0.2) is 14.5 Å². The number of carbonyl (C=O) groups is 1. The van der Waals surface area contributed by atoms with E-state index in [-0.39, 0.29) is 22.3 Å². The molecule has 9 nitrogen and oxygen atoms in total. The SMILES string of the molecule is CC1(C)Cc2sc(C(=O)Nc3cc(-c4cc(Nc5ccc([C@@]6(C)CCCN6)cn5)c(=O)[nH]n4)ccc3F)cc2[C@@H]1O. The summed E-state index contributed by atoms with van der Waals surface area (Å²) in [6, 6.07) is 11.3. The molecular weight excluding hydrogens is 543 g/mol. The van der Waals surface area contributed by atoms with Crippen molar-refractivity contribution < 1.29 is 14.3 Å². The molecule has 4 aromatic rings. The number of anilines is 3. The van der Waals surface area contributed by atoms with Crippen molar-refractivity contribution in [1.29, 1.82) is 0 Å². The summed E-state index contributed by atoms with van der Waals surface area (Å²) in [6.07, 6.45) is 3.97. The number of nitrogens with zero attached hydrogens (tertiary/aromatic N) is 2. The number of H-pyrrole nitrogens is 1. The highest BCUT2D eigenvalue weighted by molar-refractivity contribution is 7.14. The van der Waals surface area contributed by atoms with Gasteiger partial charge in [0.05, 0.1) is 22.4 Å². The Morgan fingerprint density at radius 3 is 2.68 bits per heavy atom. The van der Waals surface area contributed by atoms with Crippen molar-refractivity contribution in [2.75, 3.05) is 17.2 Å². The van der Waals surface area contributed by atoms with Crippen LogP contribution < -0.4 is 21.5 Å². The van der Waals surface area contributed by atoms with E-state index < -0.39 is 23.4 Å². The number of aromatic nitrogens is 3. The van der Waals surface area contributed by atoms with E-state index in [1.165, 1.54) is 29.5 Å². The number of aliphatic hydroxyl groups is 1. The molecule has 0 radical (unpaired) electrons. The lowest BCUT2D eigenvalue weighted by Gasteiger charge is -2.24. The van der Waals surface area contributed by atoms with Crippen molar-refractivity contribution >= 4 is 34.4 Å². The van der Waals surface area contributed by atoms with Crippen LogP contribution in [0.25, 0.3) is 11.3 Å². The van der Waals surface area contributed by atoms with Crippen LogP contribution >= 0.6 is 11.3 Å². The Hall–Kier alpha value is -3.93. The third-order valence-corrected chi connectivity index (χ3v) is 9.21. The Kier molecular flexibility index (Phi) is 6.75. The maximum absolute atomic E-state index is 14.7. The molecule has 2 aliphatic rings. The number of fused-ring (bicyclic) bond motifs is 1. The van der Waals surface area contributed by atoms with E-state index >= 15 is 0 Å². The number of nitrogens with one attached hydrogen (secondary N) is 4. The van der Waals surface area contributed by atoms with E-state index in [9.17, 15) is 19.1 Å². The molecule has 2 atom stereocenters. The number of aliphatic hydroxyl groups excluding tert-OH is 1. The second-order valence-corrected chi connectivity index (χ2v) is 12.8. The van der Waals surface area contributed by atoms with Gasteiger partial charge in [0.25, 0.3) is 11.5 Å². The van der Waals surface area contributed by atoms with E-state index in [2.05, 4.69) is 38.1 Å². The Labute approximate surface area is 240 Å². The minimum Gasteiger partial charge on any atom is -0.388 e. The van der Waals surface area contributed by atoms with Crippen LogP contribution in [0.2, 0.25) is 0 Å². The predicted octanol–water partition coefficient (Wildman–Crippen LogP) is 5.24. The number of halogens is 1. The fourth-order valence-corrected chi connectivity index (χ4v) is 6.87.